The van der Waals surface area contributed by atoms with Crippen LogP contribution in [-0.2, 0) is 0 Å². The molecule has 1 saturated heterocycles. The van der Waals surface area contributed by atoms with E-state index in [1.807, 2.05) is 13.0 Å². The molecule has 0 unspecified atom stereocenters. The van der Waals surface area contributed by atoms with Gasteiger partial charge in [0.25, 0.3) is 0 Å². The zero-order chi connectivity index (χ0) is 14.3. The Hall–Kier alpha value is -1.85. The third kappa shape index (κ3) is 1.99. The zero-order valence-corrected chi connectivity index (χ0v) is 11.6. The van der Waals surface area contributed by atoms with Crippen molar-refractivity contribution in [2.75, 3.05) is 10.8 Å². The minimum Gasteiger partial charge on any atom is -0.269 e. The van der Waals surface area contributed by atoms with Gasteiger partial charge in [0, 0.05) is 18.1 Å². The zero-order valence-electron chi connectivity index (χ0n) is 10.8. The van der Waals surface area contributed by atoms with Crippen LogP contribution in [0.2, 0.25) is 0 Å². The van der Waals surface area contributed by atoms with Crippen molar-refractivity contribution in [1.82, 2.24) is 9.71 Å². The van der Waals surface area contributed by atoms with E-state index in [-0.39, 0.29) is 6.04 Å². The smallest absolute Gasteiger partial charge is 0.148 e. The van der Waals surface area contributed by atoms with Gasteiger partial charge in [0.1, 0.15) is 11.8 Å². The van der Waals surface area contributed by atoms with Crippen LogP contribution in [0.4, 0.5) is 5.69 Å². The number of hydrogen-bond donors (Lipinski definition) is 3. The molecule has 1 aromatic heterocycles. The quantitative estimate of drug-likeness (QED) is 0.747. The van der Waals surface area contributed by atoms with Crippen LogP contribution in [0.1, 0.15) is 12.6 Å². The molecule has 3 N–H and O–H groups in total. The first kappa shape index (κ1) is 13.1. The van der Waals surface area contributed by atoms with Crippen LogP contribution in [0.15, 0.2) is 30.5 Å². The molecule has 0 bridgehead atoms. The lowest BCUT2D eigenvalue weighted by Crippen LogP contribution is -2.29. The van der Waals surface area contributed by atoms with Gasteiger partial charge in [-0.25, -0.2) is 4.98 Å². The van der Waals surface area contributed by atoms with E-state index in [2.05, 4.69) is 15.8 Å². The molecular formula is C13H14N4O2S. The van der Waals surface area contributed by atoms with Crippen molar-refractivity contribution >= 4 is 27.4 Å². The number of rotatable bonds is 1. The number of fused-ring (bicyclic) bond motifs is 1. The third-order valence-corrected chi connectivity index (χ3v) is 5.03. The topological polar surface area (TPSA) is 92.4 Å². The fourth-order valence-electron chi connectivity index (χ4n) is 2.43. The van der Waals surface area contributed by atoms with E-state index in [4.69, 9.17) is 5.26 Å². The molecule has 0 radical (unpaired) electrons. The molecular weight excluding hydrogens is 276 g/mol. The van der Waals surface area contributed by atoms with Crippen molar-refractivity contribution in [2.45, 2.75) is 13.0 Å². The van der Waals surface area contributed by atoms with E-state index in [1.165, 1.54) is 0 Å². The van der Waals surface area contributed by atoms with E-state index in [9.17, 15) is 9.11 Å². The Bertz CT molecular complexity index is 713. The predicted octanol–water partition coefficient (Wildman–Crippen LogP) is 2.49. The molecule has 0 aliphatic carbocycles. The third-order valence-electron chi connectivity index (χ3n) is 3.36. The summed E-state index contributed by atoms with van der Waals surface area (Å²) in [5.41, 5.74) is 1.08. The van der Waals surface area contributed by atoms with E-state index in [0.29, 0.717) is 17.9 Å². The number of nitriles is 1. The van der Waals surface area contributed by atoms with Gasteiger partial charge < -0.3 is 0 Å². The average Bonchev–Trinajstić information content (AvgIpc) is 2.71. The summed E-state index contributed by atoms with van der Waals surface area (Å²) in [5, 5.41) is 10.6. The number of hydrogen-bond acceptors (Lipinski definition) is 6. The molecule has 3 rings (SSSR count). The largest absolute Gasteiger partial charge is 0.269 e. The summed E-state index contributed by atoms with van der Waals surface area (Å²) >= 11 is 0. The molecule has 6 nitrogen and oxygen atoms in total. The van der Waals surface area contributed by atoms with Crippen LogP contribution in [0, 0.1) is 11.3 Å². The Morgan fingerprint density at radius 1 is 1.45 bits per heavy atom. The van der Waals surface area contributed by atoms with Crippen molar-refractivity contribution in [3.05, 3.63) is 36.2 Å². The molecule has 1 aromatic carbocycles. The highest BCUT2D eigenvalue weighted by atomic mass is 32.3. The molecule has 0 saturated carbocycles. The Labute approximate surface area is 118 Å². The van der Waals surface area contributed by atoms with Crippen LogP contribution in [-0.4, -0.2) is 26.7 Å². The first-order valence-electron chi connectivity index (χ1n) is 6.14. The molecule has 0 spiro atoms. The number of aromatic nitrogens is 1. The fraction of sp³-hybridized carbons (Fsp3) is 0.231. The molecule has 7 heteroatoms. The van der Waals surface area contributed by atoms with Gasteiger partial charge in [0.15, 0.2) is 0 Å². The van der Waals surface area contributed by atoms with Gasteiger partial charge in [-0.1, -0.05) is 11.0 Å². The molecule has 1 aliphatic rings. The van der Waals surface area contributed by atoms with Crippen LogP contribution in [0.25, 0.3) is 10.8 Å². The number of nitrogens with one attached hydrogen (secondary N) is 1. The Balaban J connectivity index is 2.13. The van der Waals surface area contributed by atoms with Crippen LogP contribution in [0.5, 0.6) is 0 Å². The maximum absolute atomic E-state index is 10.0. The number of benzene rings is 1. The molecule has 1 fully saturated rings. The van der Waals surface area contributed by atoms with Gasteiger partial charge in [0.2, 0.25) is 0 Å². The van der Waals surface area contributed by atoms with Gasteiger partial charge in [-0.15, -0.1) is 0 Å². The lowest BCUT2D eigenvalue weighted by molar-refractivity contribution is 0.480. The van der Waals surface area contributed by atoms with Crippen LogP contribution >= 0.6 is 11.0 Å². The van der Waals surface area contributed by atoms with Gasteiger partial charge >= 0.3 is 0 Å². The first-order chi connectivity index (χ1) is 9.53. The Morgan fingerprint density at radius 2 is 2.25 bits per heavy atom. The van der Waals surface area contributed by atoms with E-state index in [0.717, 1.165) is 10.8 Å². The van der Waals surface area contributed by atoms with Crippen molar-refractivity contribution in [3.8, 4) is 6.07 Å². The molecule has 2 heterocycles. The SMILES string of the molecule is C[C@@H]1CNS(O)(O)N1c1ccc2c(C#N)nccc2c1. The van der Waals surface area contributed by atoms with Crippen molar-refractivity contribution in [3.63, 3.8) is 0 Å². The highest BCUT2D eigenvalue weighted by molar-refractivity contribution is 8.24. The van der Waals surface area contributed by atoms with E-state index < -0.39 is 11.0 Å². The molecule has 20 heavy (non-hydrogen) atoms. The summed E-state index contributed by atoms with van der Waals surface area (Å²) in [6, 6.07) is 9.25. The summed E-state index contributed by atoms with van der Waals surface area (Å²) in [7, 11) is -2.97. The maximum Gasteiger partial charge on any atom is 0.148 e. The molecule has 0 amide bonds. The Morgan fingerprint density at radius 3 is 2.90 bits per heavy atom. The normalized spacial score (nSPS) is 22.7. The second-order valence-corrected chi connectivity index (χ2v) is 6.44. The van der Waals surface area contributed by atoms with Crippen molar-refractivity contribution in [2.24, 2.45) is 0 Å². The Kier molecular flexibility index (Phi) is 3.03. The van der Waals surface area contributed by atoms with Gasteiger partial charge in [-0.2, -0.15) is 9.98 Å². The first-order valence-corrected chi connectivity index (χ1v) is 7.64. The standard InChI is InChI=1S/C13H14N4O2S/c1-9-8-16-20(18,19)17(9)11-2-3-12-10(6-11)4-5-15-13(12)7-14/h2-6,9,16,18-19H,8H2,1H3/t9-/m1/s1. The summed E-state index contributed by atoms with van der Waals surface area (Å²) in [5.74, 6) is 0. The maximum atomic E-state index is 10.0. The highest BCUT2D eigenvalue weighted by Crippen LogP contribution is 2.48. The summed E-state index contributed by atoms with van der Waals surface area (Å²) in [6.45, 7) is 2.44. The summed E-state index contributed by atoms with van der Waals surface area (Å²) in [4.78, 5) is 4.02. The van der Waals surface area contributed by atoms with Gasteiger partial charge in [0.05, 0.1) is 11.7 Å². The minimum absolute atomic E-state index is 0.0188. The second-order valence-electron chi connectivity index (χ2n) is 4.72. The lowest BCUT2D eigenvalue weighted by Gasteiger charge is -2.39. The fourth-order valence-corrected chi connectivity index (χ4v) is 4.02. The number of nitrogens with zero attached hydrogens (tertiary/aromatic N) is 3. The van der Waals surface area contributed by atoms with Gasteiger partial charge in [-0.05, 0) is 36.6 Å². The van der Waals surface area contributed by atoms with E-state index >= 15 is 0 Å². The lowest BCUT2D eigenvalue weighted by atomic mass is 10.1. The van der Waals surface area contributed by atoms with Crippen molar-refractivity contribution in [1.29, 1.82) is 5.26 Å². The van der Waals surface area contributed by atoms with Crippen LogP contribution in [0.3, 0.4) is 0 Å². The minimum atomic E-state index is -2.97. The highest BCUT2D eigenvalue weighted by Gasteiger charge is 2.34. The number of pyridine rings is 1. The molecule has 1 atom stereocenters. The molecule has 104 valence electrons. The average molecular weight is 290 g/mol. The summed E-state index contributed by atoms with van der Waals surface area (Å²) < 4.78 is 24.4. The van der Waals surface area contributed by atoms with Crippen LogP contribution < -0.4 is 9.03 Å². The molecule has 2 aromatic rings. The number of anilines is 1. The van der Waals surface area contributed by atoms with E-state index in [1.54, 1.807) is 28.7 Å². The van der Waals surface area contributed by atoms with Crippen molar-refractivity contribution < 1.29 is 9.11 Å². The molecule has 1 aliphatic heterocycles. The predicted molar refractivity (Wildman–Crippen MR) is 79.3 cm³/mol. The monoisotopic (exact) mass is 290 g/mol. The summed E-state index contributed by atoms with van der Waals surface area (Å²) in [6.07, 6.45) is 1.58. The van der Waals surface area contributed by atoms with Gasteiger partial charge in [-0.3, -0.25) is 13.4 Å². The second kappa shape index (κ2) is 4.61.